The third-order valence-corrected chi connectivity index (χ3v) is 4.88. The molecule has 0 saturated heterocycles. The molecule has 0 radical (unpaired) electrons. The minimum atomic E-state index is -0.0962. The first-order valence-electron chi connectivity index (χ1n) is 7.31. The van der Waals surface area contributed by atoms with Gasteiger partial charge in [0.05, 0.1) is 0 Å². The minimum absolute atomic E-state index is 0.0962. The lowest BCUT2D eigenvalue weighted by atomic mass is 10.1. The van der Waals surface area contributed by atoms with Crippen LogP contribution in [-0.4, -0.2) is 21.8 Å². The van der Waals surface area contributed by atoms with Gasteiger partial charge in [-0.2, -0.15) is 0 Å². The molecule has 2 atom stereocenters. The molecule has 5 heteroatoms. The zero-order valence-electron chi connectivity index (χ0n) is 12.0. The fraction of sp³-hybridized carbons (Fsp3) is 0.375. The van der Waals surface area contributed by atoms with E-state index in [0.29, 0.717) is 16.4 Å². The topological polar surface area (TPSA) is 57.8 Å². The molecule has 0 bridgehead atoms. The smallest absolute Gasteiger partial charge is 0.251 e. The molecule has 0 saturated carbocycles. The summed E-state index contributed by atoms with van der Waals surface area (Å²) >= 11 is 1.65. The Bertz CT molecular complexity index is 670. The Morgan fingerprint density at radius 3 is 3.05 bits per heavy atom. The highest BCUT2D eigenvalue weighted by Crippen LogP contribution is 2.40. The molecule has 1 aliphatic carbocycles. The van der Waals surface area contributed by atoms with Gasteiger partial charge in [0.15, 0.2) is 5.16 Å². The monoisotopic (exact) mass is 301 g/mol. The van der Waals surface area contributed by atoms with Crippen LogP contribution >= 0.6 is 11.8 Å². The largest absolute Gasteiger partial charge is 0.309 e. The Balaban J connectivity index is 1.82. The van der Waals surface area contributed by atoms with Crippen LogP contribution in [0, 0.1) is 0 Å². The average Bonchev–Trinajstić information content (AvgIpc) is 2.82. The van der Waals surface area contributed by atoms with Crippen molar-refractivity contribution in [3.63, 3.8) is 0 Å². The van der Waals surface area contributed by atoms with E-state index in [-0.39, 0.29) is 5.56 Å². The highest BCUT2D eigenvalue weighted by molar-refractivity contribution is 7.99. The Kier molecular flexibility index (Phi) is 4.41. The van der Waals surface area contributed by atoms with Crippen LogP contribution in [0.15, 0.2) is 46.5 Å². The number of H-pyrrole nitrogens is 1. The predicted molar refractivity (Wildman–Crippen MR) is 85.7 cm³/mol. The molecule has 1 aliphatic rings. The van der Waals surface area contributed by atoms with E-state index in [4.69, 9.17) is 0 Å². The Hall–Kier alpha value is -1.59. The number of nitrogens with one attached hydrogen (secondary N) is 2. The molecule has 2 N–H and O–H groups in total. The molecular formula is C16H19N3OS. The van der Waals surface area contributed by atoms with Gasteiger partial charge in [-0.15, -0.1) is 0 Å². The molecule has 0 fully saturated rings. The molecule has 3 rings (SSSR count). The molecule has 0 amide bonds. The number of rotatable bonds is 5. The summed E-state index contributed by atoms with van der Waals surface area (Å²) in [6.45, 7) is 3.17. The highest BCUT2D eigenvalue weighted by atomic mass is 32.2. The van der Waals surface area contributed by atoms with Crippen molar-refractivity contribution in [3.05, 3.63) is 58.0 Å². The molecule has 4 nitrogen and oxygen atoms in total. The lowest BCUT2D eigenvalue weighted by molar-refractivity contribution is 0.538. The summed E-state index contributed by atoms with van der Waals surface area (Å²) in [4.78, 5) is 18.5. The van der Waals surface area contributed by atoms with E-state index < -0.39 is 0 Å². The summed E-state index contributed by atoms with van der Waals surface area (Å²) in [6.07, 6.45) is 3.68. The highest BCUT2D eigenvalue weighted by Gasteiger charge is 2.32. The SMILES string of the molecule is CCCNC1c2ccccc2CC1Sc1nccc(=O)[nH]1. The van der Waals surface area contributed by atoms with Gasteiger partial charge in [-0.1, -0.05) is 43.0 Å². The second-order valence-electron chi connectivity index (χ2n) is 5.23. The van der Waals surface area contributed by atoms with E-state index in [1.165, 1.54) is 17.2 Å². The Morgan fingerprint density at radius 1 is 1.38 bits per heavy atom. The summed E-state index contributed by atoms with van der Waals surface area (Å²) in [5.41, 5.74) is 2.67. The van der Waals surface area contributed by atoms with Crippen LogP contribution in [-0.2, 0) is 6.42 Å². The quantitative estimate of drug-likeness (QED) is 0.833. The van der Waals surface area contributed by atoms with E-state index in [9.17, 15) is 4.79 Å². The van der Waals surface area contributed by atoms with E-state index in [2.05, 4.69) is 46.5 Å². The average molecular weight is 301 g/mol. The molecule has 2 unspecified atom stereocenters. The van der Waals surface area contributed by atoms with Crippen molar-refractivity contribution in [2.75, 3.05) is 6.54 Å². The summed E-state index contributed by atoms with van der Waals surface area (Å²) in [5.74, 6) is 0. The van der Waals surface area contributed by atoms with Crippen LogP contribution in [0.4, 0.5) is 0 Å². The molecule has 1 aromatic heterocycles. The first-order chi connectivity index (χ1) is 10.3. The van der Waals surface area contributed by atoms with Crippen LogP contribution in [0.1, 0.15) is 30.5 Å². The van der Waals surface area contributed by atoms with Crippen molar-refractivity contribution in [2.45, 2.75) is 36.2 Å². The molecule has 21 heavy (non-hydrogen) atoms. The van der Waals surface area contributed by atoms with Crippen molar-refractivity contribution in [2.24, 2.45) is 0 Å². The molecule has 110 valence electrons. The molecule has 2 aromatic rings. The van der Waals surface area contributed by atoms with Crippen molar-refractivity contribution < 1.29 is 0 Å². The summed E-state index contributed by atoms with van der Waals surface area (Å²) in [5, 5.41) is 4.69. The number of thioether (sulfide) groups is 1. The molecule has 1 heterocycles. The fourth-order valence-electron chi connectivity index (χ4n) is 2.76. The standard InChI is InChI=1S/C16H19N3OS/c1-2-8-17-15-12-6-4-3-5-11(12)10-13(15)21-16-18-9-7-14(20)19-16/h3-7,9,13,15,17H,2,8,10H2,1H3,(H,18,19,20). The number of nitrogens with zero attached hydrogens (tertiary/aromatic N) is 1. The van der Waals surface area contributed by atoms with Crippen LogP contribution < -0.4 is 10.9 Å². The van der Waals surface area contributed by atoms with Crippen molar-refractivity contribution in [1.82, 2.24) is 15.3 Å². The molecular weight excluding hydrogens is 282 g/mol. The maximum Gasteiger partial charge on any atom is 0.251 e. The first kappa shape index (κ1) is 14.4. The van der Waals surface area contributed by atoms with Gasteiger partial charge in [-0.3, -0.25) is 4.79 Å². The second-order valence-corrected chi connectivity index (χ2v) is 6.46. The van der Waals surface area contributed by atoms with Gasteiger partial charge in [-0.25, -0.2) is 4.98 Å². The van der Waals surface area contributed by atoms with Gasteiger partial charge in [0.1, 0.15) is 0 Å². The van der Waals surface area contributed by atoms with E-state index in [1.807, 2.05) is 0 Å². The third-order valence-electron chi connectivity index (χ3n) is 3.71. The van der Waals surface area contributed by atoms with E-state index >= 15 is 0 Å². The van der Waals surface area contributed by atoms with Crippen LogP contribution in [0.25, 0.3) is 0 Å². The number of aromatic amines is 1. The lowest BCUT2D eigenvalue weighted by Crippen LogP contribution is -2.28. The Morgan fingerprint density at radius 2 is 2.24 bits per heavy atom. The van der Waals surface area contributed by atoms with Gasteiger partial charge in [0, 0.05) is 23.6 Å². The van der Waals surface area contributed by atoms with Crippen molar-refractivity contribution in [1.29, 1.82) is 0 Å². The molecule has 0 aliphatic heterocycles. The van der Waals surface area contributed by atoms with Gasteiger partial charge < -0.3 is 10.3 Å². The fourth-order valence-corrected chi connectivity index (χ4v) is 3.97. The third kappa shape index (κ3) is 3.19. The van der Waals surface area contributed by atoms with Crippen molar-refractivity contribution in [3.8, 4) is 0 Å². The summed E-state index contributed by atoms with van der Waals surface area (Å²) in [7, 11) is 0. The maximum absolute atomic E-state index is 11.4. The van der Waals surface area contributed by atoms with Crippen LogP contribution in [0.2, 0.25) is 0 Å². The van der Waals surface area contributed by atoms with Crippen LogP contribution in [0.5, 0.6) is 0 Å². The van der Waals surface area contributed by atoms with E-state index in [0.717, 1.165) is 19.4 Å². The number of hydrogen-bond donors (Lipinski definition) is 2. The predicted octanol–water partition coefficient (Wildman–Crippen LogP) is 2.53. The summed E-state index contributed by atoms with van der Waals surface area (Å²) in [6, 6.07) is 10.3. The van der Waals surface area contributed by atoms with Gasteiger partial charge in [-0.05, 0) is 30.5 Å². The normalized spacial score (nSPS) is 20.4. The number of hydrogen-bond acceptors (Lipinski definition) is 4. The zero-order chi connectivity index (χ0) is 14.7. The maximum atomic E-state index is 11.4. The summed E-state index contributed by atoms with van der Waals surface area (Å²) < 4.78 is 0. The van der Waals surface area contributed by atoms with E-state index in [1.54, 1.807) is 18.0 Å². The van der Waals surface area contributed by atoms with Gasteiger partial charge in [0.2, 0.25) is 0 Å². The lowest BCUT2D eigenvalue weighted by Gasteiger charge is -2.20. The number of aromatic nitrogens is 2. The second kappa shape index (κ2) is 6.45. The van der Waals surface area contributed by atoms with Crippen molar-refractivity contribution >= 4 is 11.8 Å². The first-order valence-corrected chi connectivity index (χ1v) is 8.19. The van der Waals surface area contributed by atoms with Gasteiger partial charge >= 0.3 is 0 Å². The molecule has 1 aromatic carbocycles. The molecule has 0 spiro atoms. The number of benzene rings is 1. The minimum Gasteiger partial charge on any atom is -0.309 e. The number of fused-ring (bicyclic) bond motifs is 1. The Labute approximate surface area is 128 Å². The van der Waals surface area contributed by atoms with Crippen LogP contribution in [0.3, 0.4) is 0 Å². The zero-order valence-corrected chi connectivity index (χ0v) is 12.8. The van der Waals surface area contributed by atoms with Gasteiger partial charge in [0.25, 0.3) is 5.56 Å².